The van der Waals surface area contributed by atoms with Crippen LogP contribution in [0.3, 0.4) is 0 Å². The van der Waals surface area contributed by atoms with Crippen LogP contribution in [0.25, 0.3) is 0 Å². The molecule has 0 N–H and O–H groups in total. The maximum atomic E-state index is 12.5. The van der Waals surface area contributed by atoms with Gasteiger partial charge in [-0.05, 0) is 10.8 Å². The van der Waals surface area contributed by atoms with Crippen molar-refractivity contribution in [2.45, 2.75) is 45.3 Å². The van der Waals surface area contributed by atoms with Crippen LogP contribution in [0.1, 0.15) is 40.0 Å². The minimum Gasteiger partial charge on any atom is -0.449 e. The van der Waals surface area contributed by atoms with Crippen molar-refractivity contribution in [2.24, 2.45) is 10.8 Å². The molecule has 0 unspecified atom stereocenters. The van der Waals surface area contributed by atoms with E-state index in [-0.39, 0.29) is 62.2 Å². The van der Waals surface area contributed by atoms with Crippen LogP contribution in [-0.4, -0.2) is 6.98 Å². The van der Waals surface area contributed by atoms with Gasteiger partial charge in [0.15, 0.2) is 0 Å². The molecule has 3 fully saturated rings. The standard InChI is InChI=1S/C9H15BF3.K/c1-7(2,3)8-4-9(5-8,6-8)10(11,12)13;/h4-6H2,1-3H3;/q-1;+1. The van der Waals surface area contributed by atoms with Crippen molar-refractivity contribution in [3.05, 3.63) is 0 Å². The van der Waals surface area contributed by atoms with Crippen LogP contribution in [0.15, 0.2) is 0 Å². The average molecular weight is 230 g/mol. The summed E-state index contributed by atoms with van der Waals surface area (Å²) in [5.41, 5.74) is 0.0698. The first kappa shape index (κ1) is 13.6. The topological polar surface area (TPSA) is 0 Å². The molecule has 2 bridgehead atoms. The molecule has 14 heavy (non-hydrogen) atoms. The summed E-state index contributed by atoms with van der Waals surface area (Å²) in [6.07, 6.45) is 1.19. The Bertz CT molecular complexity index is 210. The summed E-state index contributed by atoms with van der Waals surface area (Å²) >= 11 is 0. The van der Waals surface area contributed by atoms with Gasteiger partial charge < -0.3 is 12.9 Å². The molecular formula is C9H15BF3K. The largest absolute Gasteiger partial charge is 1.00 e. The van der Waals surface area contributed by atoms with E-state index in [0.717, 1.165) is 0 Å². The molecule has 3 rings (SSSR count). The van der Waals surface area contributed by atoms with Gasteiger partial charge in [-0.25, -0.2) is 0 Å². The molecule has 0 aliphatic heterocycles. The average Bonchev–Trinajstić information content (AvgIpc) is 1.41. The molecule has 0 aromatic heterocycles. The minimum absolute atomic E-state index is 0. The summed E-state index contributed by atoms with van der Waals surface area (Å²) in [6.45, 7) is 1.58. The maximum Gasteiger partial charge on any atom is 1.00 e. The van der Waals surface area contributed by atoms with Gasteiger partial charge in [0.2, 0.25) is 0 Å². The Hall–Kier alpha value is 1.49. The molecule has 0 aromatic rings. The van der Waals surface area contributed by atoms with E-state index in [9.17, 15) is 12.9 Å². The van der Waals surface area contributed by atoms with Crippen LogP contribution >= 0.6 is 0 Å². The van der Waals surface area contributed by atoms with Crippen LogP contribution in [0.2, 0.25) is 5.31 Å². The van der Waals surface area contributed by atoms with E-state index in [1.165, 1.54) is 0 Å². The van der Waals surface area contributed by atoms with Crippen molar-refractivity contribution < 1.29 is 64.3 Å². The third-order valence-electron chi connectivity index (χ3n) is 4.36. The van der Waals surface area contributed by atoms with Crippen LogP contribution in [0.5, 0.6) is 0 Å². The minimum atomic E-state index is -4.59. The van der Waals surface area contributed by atoms with Crippen LogP contribution in [0.4, 0.5) is 12.9 Å². The summed E-state index contributed by atoms with van der Waals surface area (Å²) in [6, 6.07) is 0. The summed E-state index contributed by atoms with van der Waals surface area (Å²) in [5, 5.41) is -1.21. The third kappa shape index (κ3) is 1.50. The predicted molar refractivity (Wildman–Crippen MR) is 47.5 cm³/mol. The predicted octanol–water partition coefficient (Wildman–Crippen LogP) is 0.808. The molecule has 3 aliphatic rings. The molecule has 3 saturated carbocycles. The number of rotatable bonds is 1. The molecular weight excluding hydrogens is 215 g/mol. The van der Waals surface area contributed by atoms with Crippen molar-refractivity contribution in [2.75, 3.05) is 0 Å². The SMILES string of the molecule is CC(C)(C)C12CC([B-](F)(F)F)(C1)C2.[K+]. The first-order valence-corrected chi connectivity index (χ1v) is 4.81. The summed E-state index contributed by atoms with van der Waals surface area (Å²) in [7, 11) is 0. The van der Waals surface area contributed by atoms with E-state index in [2.05, 4.69) is 20.8 Å². The molecule has 5 heteroatoms. The fourth-order valence-corrected chi connectivity index (χ4v) is 3.01. The fraction of sp³-hybridized carbons (Fsp3) is 1.00. The van der Waals surface area contributed by atoms with Crippen molar-refractivity contribution in [1.82, 2.24) is 0 Å². The molecule has 0 atom stereocenters. The zero-order valence-corrected chi connectivity index (χ0v) is 12.5. The smallest absolute Gasteiger partial charge is 0.449 e. The van der Waals surface area contributed by atoms with Gasteiger partial charge in [0, 0.05) is 0 Å². The molecule has 0 spiro atoms. The van der Waals surface area contributed by atoms with Gasteiger partial charge in [0.25, 0.3) is 0 Å². The van der Waals surface area contributed by atoms with Crippen LogP contribution < -0.4 is 51.4 Å². The van der Waals surface area contributed by atoms with E-state index in [0.29, 0.717) is 19.3 Å². The Morgan fingerprint density at radius 1 is 1.00 bits per heavy atom. The number of hydrogen-bond donors (Lipinski definition) is 0. The van der Waals surface area contributed by atoms with Gasteiger partial charge in [0.05, 0.1) is 0 Å². The molecule has 0 radical (unpaired) electrons. The first-order valence-electron chi connectivity index (χ1n) is 4.81. The van der Waals surface area contributed by atoms with Crippen LogP contribution in [0, 0.1) is 10.8 Å². The van der Waals surface area contributed by atoms with Gasteiger partial charge in [0.1, 0.15) is 0 Å². The van der Waals surface area contributed by atoms with Crippen molar-refractivity contribution in [3.63, 3.8) is 0 Å². The molecule has 3 aliphatic carbocycles. The number of hydrogen-bond acceptors (Lipinski definition) is 0. The third-order valence-corrected chi connectivity index (χ3v) is 4.36. The Morgan fingerprint density at radius 2 is 1.36 bits per heavy atom. The van der Waals surface area contributed by atoms with E-state index in [1.54, 1.807) is 0 Å². The Kier molecular flexibility index (Phi) is 3.15. The fourth-order valence-electron chi connectivity index (χ4n) is 3.01. The second-order valence-electron chi connectivity index (χ2n) is 6.00. The number of halogens is 3. The van der Waals surface area contributed by atoms with Crippen molar-refractivity contribution in [3.8, 4) is 0 Å². The second-order valence-corrected chi connectivity index (χ2v) is 6.00. The molecule has 0 saturated heterocycles. The normalized spacial score (nSPS) is 40.7. The van der Waals surface area contributed by atoms with Gasteiger partial charge in [-0.15, -0.1) is 0 Å². The van der Waals surface area contributed by atoms with E-state index < -0.39 is 12.3 Å². The second kappa shape index (κ2) is 3.25. The zero-order valence-electron chi connectivity index (χ0n) is 9.33. The summed E-state index contributed by atoms with van der Waals surface area (Å²) < 4.78 is 37.6. The summed E-state index contributed by atoms with van der Waals surface area (Å²) in [4.78, 5) is 0. The van der Waals surface area contributed by atoms with E-state index in [4.69, 9.17) is 0 Å². The molecule has 76 valence electrons. The summed E-state index contributed by atoms with van der Waals surface area (Å²) in [5.74, 6) is 0. The Labute approximate surface area is 126 Å². The van der Waals surface area contributed by atoms with Gasteiger partial charge in [-0.2, -0.15) is 0 Å². The molecule has 0 heterocycles. The van der Waals surface area contributed by atoms with Crippen molar-refractivity contribution in [1.29, 1.82) is 0 Å². The van der Waals surface area contributed by atoms with Gasteiger partial charge in [-0.3, -0.25) is 0 Å². The maximum absolute atomic E-state index is 12.5. The van der Waals surface area contributed by atoms with E-state index in [1.807, 2.05) is 0 Å². The molecule has 0 nitrogen and oxygen atoms in total. The monoisotopic (exact) mass is 230 g/mol. The zero-order chi connectivity index (χ0) is 10.1. The Balaban J connectivity index is 0.000000980. The van der Waals surface area contributed by atoms with E-state index >= 15 is 0 Å². The van der Waals surface area contributed by atoms with Crippen LogP contribution in [-0.2, 0) is 0 Å². The first-order chi connectivity index (χ1) is 5.62. The molecule has 0 aromatic carbocycles. The Morgan fingerprint density at radius 3 is 1.57 bits per heavy atom. The van der Waals surface area contributed by atoms with Crippen molar-refractivity contribution >= 4 is 6.98 Å². The quantitative estimate of drug-likeness (QED) is 0.585. The van der Waals surface area contributed by atoms with Gasteiger partial charge >= 0.3 is 58.4 Å². The molecule has 0 amide bonds. The van der Waals surface area contributed by atoms with Gasteiger partial charge in [-0.1, -0.05) is 45.3 Å².